The predicted molar refractivity (Wildman–Crippen MR) is 86.5 cm³/mol. The van der Waals surface area contributed by atoms with E-state index < -0.39 is 10.8 Å². The van der Waals surface area contributed by atoms with Crippen molar-refractivity contribution in [3.8, 4) is 6.07 Å². The maximum absolute atomic E-state index is 12.2. The van der Waals surface area contributed by atoms with Gasteiger partial charge in [-0.25, -0.2) is 0 Å². The number of nitro groups is 1. The number of nitrogens with one attached hydrogen (secondary N) is 1. The molecule has 2 aromatic rings. The first-order valence-electron chi connectivity index (χ1n) is 6.74. The molecule has 0 heterocycles. The Morgan fingerprint density at radius 1 is 1.26 bits per heavy atom. The zero-order valence-corrected chi connectivity index (χ0v) is 12.3. The molecule has 0 aromatic heterocycles. The lowest BCUT2D eigenvalue weighted by atomic mass is 10.1. The molecular weight excluding hydrogens is 294 g/mol. The minimum absolute atomic E-state index is 0.163. The number of carbonyl (C=O) groups is 1. The van der Waals surface area contributed by atoms with Gasteiger partial charge < -0.3 is 5.32 Å². The average Bonchev–Trinajstić information content (AvgIpc) is 2.52. The quantitative estimate of drug-likeness (QED) is 0.405. The minimum Gasteiger partial charge on any atom is -0.321 e. The molecule has 0 aliphatic rings. The minimum atomic E-state index is -0.615. The van der Waals surface area contributed by atoms with Crippen LogP contribution < -0.4 is 5.32 Å². The highest BCUT2D eigenvalue weighted by molar-refractivity contribution is 6.09. The van der Waals surface area contributed by atoms with E-state index in [1.54, 1.807) is 30.3 Å². The third kappa shape index (κ3) is 4.02. The number of nitrogens with zero attached hydrogens (tertiary/aromatic N) is 2. The predicted octanol–water partition coefficient (Wildman–Crippen LogP) is 3.45. The van der Waals surface area contributed by atoms with E-state index in [9.17, 15) is 20.2 Å². The maximum atomic E-state index is 12.2. The Hall–Kier alpha value is -3.46. The number of hydrogen-bond acceptors (Lipinski definition) is 4. The first kappa shape index (κ1) is 15.9. The lowest BCUT2D eigenvalue weighted by Gasteiger charge is -2.05. The monoisotopic (exact) mass is 307 g/mol. The molecule has 2 aromatic carbocycles. The molecule has 0 fully saturated rings. The lowest BCUT2D eigenvalue weighted by Crippen LogP contribution is -2.13. The number of nitro benzene ring substituents is 1. The number of nitriles is 1. The van der Waals surface area contributed by atoms with Crippen LogP contribution in [0.5, 0.6) is 0 Å². The summed E-state index contributed by atoms with van der Waals surface area (Å²) in [6.45, 7) is 1.88. The summed E-state index contributed by atoms with van der Waals surface area (Å²) in [6, 6.07) is 14.8. The fraction of sp³-hybridized carbons (Fsp3) is 0.0588. The number of anilines is 1. The van der Waals surface area contributed by atoms with Crippen LogP contribution in [-0.4, -0.2) is 10.8 Å². The summed E-state index contributed by atoms with van der Waals surface area (Å²) < 4.78 is 0. The highest BCUT2D eigenvalue weighted by atomic mass is 16.6. The summed E-state index contributed by atoms with van der Waals surface area (Å²) in [6.07, 6.45) is 1.21. The Morgan fingerprint density at radius 3 is 2.65 bits per heavy atom. The van der Waals surface area contributed by atoms with Gasteiger partial charge in [0.05, 0.1) is 10.5 Å². The zero-order chi connectivity index (χ0) is 16.8. The Labute approximate surface area is 132 Å². The van der Waals surface area contributed by atoms with Crippen molar-refractivity contribution in [2.75, 3.05) is 5.32 Å². The van der Waals surface area contributed by atoms with E-state index in [1.165, 1.54) is 24.3 Å². The van der Waals surface area contributed by atoms with Gasteiger partial charge in [0.1, 0.15) is 11.6 Å². The van der Waals surface area contributed by atoms with Crippen molar-refractivity contribution in [3.05, 3.63) is 75.3 Å². The molecule has 114 valence electrons. The van der Waals surface area contributed by atoms with Crippen LogP contribution in [0.3, 0.4) is 0 Å². The van der Waals surface area contributed by atoms with Crippen molar-refractivity contribution in [3.63, 3.8) is 0 Å². The summed E-state index contributed by atoms with van der Waals surface area (Å²) in [5, 5.41) is 22.8. The van der Waals surface area contributed by atoms with Crippen LogP contribution in [0.2, 0.25) is 0 Å². The molecule has 0 unspecified atom stereocenters. The Balaban J connectivity index is 2.31. The van der Waals surface area contributed by atoms with E-state index in [1.807, 2.05) is 13.0 Å². The largest absolute Gasteiger partial charge is 0.321 e. The zero-order valence-electron chi connectivity index (χ0n) is 12.3. The van der Waals surface area contributed by atoms with E-state index in [4.69, 9.17) is 0 Å². The Bertz CT molecular complexity index is 835. The van der Waals surface area contributed by atoms with Crippen LogP contribution in [0.1, 0.15) is 11.1 Å². The van der Waals surface area contributed by atoms with Gasteiger partial charge in [-0.05, 0) is 36.8 Å². The van der Waals surface area contributed by atoms with Crippen LogP contribution in [0, 0.1) is 28.4 Å². The summed E-state index contributed by atoms with van der Waals surface area (Å²) >= 11 is 0. The van der Waals surface area contributed by atoms with Crippen molar-refractivity contribution in [1.29, 1.82) is 5.26 Å². The van der Waals surface area contributed by atoms with Gasteiger partial charge in [0.15, 0.2) is 0 Å². The van der Waals surface area contributed by atoms with Crippen LogP contribution in [0.4, 0.5) is 11.4 Å². The normalized spacial score (nSPS) is 10.7. The van der Waals surface area contributed by atoms with Gasteiger partial charge >= 0.3 is 0 Å². The SMILES string of the molecule is Cc1cccc(NC(=O)C(C#N)=Cc2ccccc2[N+](=O)[O-])c1. The maximum Gasteiger partial charge on any atom is 0.276 e. The van der Waals surface area contributed by atoms with Crippen LogP contribution >= 0.6 is 0 Å². The number of para-hydroxylation sites is 1. The fourth-order valence-electron chi connectivity index (χ4n) is 2.00. The van der Waals surface area contributed by atoms with Crippen molar-refractivity contribution >= 4 is 23.4 Å². The number of amides is 1. The molecule has 1 N–H and O–H groups in total. The second kappa shape index (κ2) is 7.00. The molecule has 0 bridgehead atoms. The Kier molecular flexibility index (Phi) is 4.85. The lowest BCUT2D eigenvalue weighted by molar-refractivity contribution is -0.385. The second-order valence-electron chi connectivity index (χ2n) is 4.81. The van der Waals surface area contributed by atoms with Crippen LogP contribution in [0.25, 0.3) is 6.08 Å². The van der Waals surface area contributed by atoms with Gasteiger partial charge in [-0.15, -0.1) is 0 Å². The Morgan fingerprint density at radius 2 is 2.00 bits per heavy atom. The van der Waals surface area contributed by atoms with Crippen molar-refractivity contribution in [1.82, 2.24) is 0 Å². The van der Waals surface area contributed by atoms with Crippen molar-refractivity contribution in [2.45, 2.75) is 6.92 Å². The standard InChI is InChI=1S/C17H13N3O3/c1-12-5-4-7-15(9-12)19-17(21)14(11-18)10-13-6-2-3-8-16(13)20(22)23/h2-10H,1H3,(H,19,21). The van der Waals surface area contributed by atoms with Gasteiger partial charge in [-0.1, -0.05) is 24.3 Å². The summed E-state index contributed by atoms with van der Waals surface area (Å²) in [7, 11) is 0. The highest BCUT2D eigenvalue weighted by Gasteiger charge is 2.15. The van der Waals surface area contributed by atoms with Crippen LogP contribution in [-0.2, 0) is 4.79 Å². The first-order valence-corrected chi connectivity index (χ1v) is 6.74. The second-order valence-corrected chi connectivity index (χ2v) is 4.81. The van der Waals surface area contributed by atoms with Gasteiger partial charge in [0, 0.05) is 11.8 Å². The fourth-order valence-corrected chi connectivity index (χ4v) is 2.00. The third-order valence-electron chi connectivity index (χ3n) is 3.07. The summed E-state index contributed by atoms with van der Waals surface area (Å²) in [4.78, 5) is 22.6. The number of aryl methyl sites for hydroxylation is 1. The number of rotatable bonds is 4. The molecule has 0 saturated carbocycles. The molecule has 0 aliphatic heterocycles. The molecule has 0 saturated heterocycles. The molecule has 0 aliphatic carbocycles. The van der Waals surface area contributed by atoms with E-state index in [0.29, 0.717) is 5.69 Å². The number of benzene rings is 2. The average molecular weight is 307 g/mol. The molecule has 1 amide bonds. The van der Waals surface area contributed by atoms with Gasteiger partial charge in [-0.3, -0.25) is 14.9 Å². The molecule has 0 atom stereocenters. The molecule has 0 radical (unpaired) electrons. The van der Waals surface area contributed by atoms with E-state index in [-0.39, 0.29) is 16.8 Å². The number of carbonyl (C=O) groups excluding carboxylic acids is 1. The van der Waals surface area contributed by atoms with Crippen molar-refractivity contribution in [2.24, 2.45) is 0 Å². The highest BCUT2D eigenvalue weighted by Crippen LogP contribution is 2.21. The molecule has 2 rings (SSSR count). The van der Waals surface area contributed by atoms with Crippen molar-refractivity contribution < 1.29 is 9.72 Å². The van der Waals surface area contributed by atoms with E-state index in [0.717, 1.165) is 5.56 Å². The van der Waals surface area contributed by atoms with Gasteiger partial charge in [0.2, 0.25) is 0 Å². The van der Waals surface area contributed by atoms with E-state index >= 15 is 0 Å². The van der Waals surface area contributed by atoms with Gasteiger partial charge in [-0.2, -0.15) is 5.26 Å². The molecule has 23 heavy (non-hydrogen) atoms. The summed E-state index contributed by atoms with van der Waals surface area (Å²) in [5.41, 5.74) is 1.35. The third-order valence-corrected chi connectivity index (χ3v) is 3.07. The first-order chi connectivity index (χ1) is 11.0. The number of hydrogen-bond donors (Lipinski definition) is 1. The molecule has 6 nitrogen and oxygen atoms in total. The molecule has 6 heteroatoms. The van der Waals surface area contributed by atoms with Gasteiger partial charge in [0.25, 0.3) is 11.6 Å². The smallest absolute Gasteiger partial charge is 0.276 e. The van der Waals surface area contributed by atoms with Crippen LogP contribution in [0.15, 0.2) is 54.1 Å². The summed E-state index contributed by atoms with van der Waals surface area (Å²) in [5.74, 6) is -0.615. The molecule has 0 spiro atoms. The molecular formula is C17H13N3O3. The topological polar surface area (TPSA) is 96.0 Å². The van der Waals surface area contributed by atoms with E-state index in [2.05, 4.69) is 5.32 Å².